The number of nitrogens with zero attached hydrogens (tertiary/aromatic N) is 1. The molecule has 1 N–H and O–H groups in total. The van der Waals surface area contributed by atoms with Gasteiger partial charge < -0.3 is 9.64 Å². The molecule has 104 valence electrons. The number of rotatable bonds is 5. The number of ether oxygens (including phenoxy) is 1. The fraction of sp³-hybridized carbons (Fsp3) is 0.643. The Kier molecular flexibility index (Phi) is 3.37. The minimum absolute atomic E-state index is 0.0363. The Hall–Kier alpha value is -0.910. The fourth-order valence-electron chi connectivity index (χ4n) is 2.64. The van der Waals surface area contributed by atoms with Gasteiger partial charge in [-0.15, -0.1) is 11.3 Å². The largest absolute Gasteiger partial charge is 0.380 e. The first-order valence-electron chi connectivity index (χ1n) is 6.89. The first kappa shape index (κ1) is 13.1. The molecule has 0 radical (unpaired) electrons. The second kappa shape index (κ2) is 4.89. The van der Waals surface area contributed by atoms with E-state index >= 15 is 0 Å². The number of amides is 1. The van der Waals surface area contributed by atoms with Crippen molar-refractivity contribution in [1.29, 1.82) is 0 Å². The van der Waals surface area contributed by atoms with Gasteiger partial charge >= 0.3 is 0 Å². The molecule has 0 bridgehead atoms. The average Bonchev–Trinajstić information content (AvgIpc) is 2.98. The number of hydrogen-bond donors (Lipinski definition) is 1. The normalized spacial score (nSPS) is 24.4. The third kappa shape index (κ3) is 2.30. The van der Waals surface area contributed by atoms with Crippen LogP contribution in [-0.2, 0) is 9.53 Å². The van der Waals surface area contributed by atoms with Crippen LogP contribution in [0.15, 0.2) is 12.1 Å². The minimum Gasteiger partial charge on any atom is -0.380 e. The molecule has 19 heavy (non-hydrogen) atoms. The highest BCUT2D eigenvalue weighted by molar-refractivity contribution is 7.12. The molecule has 4 nitrogen and oxygen atoms in total. The lowest BCUT2D eigenvalue weighted by molar-refractivity contribution is -0.131. The highest BCUT2D eigenvalue weighted by Crippen LogP contribution is 2.46. The fourth-order valence-corrected chi connectivity index (χ4v) is 3.58. The maximum absolute atomic E-state index is 12.5. The molecule has 1 spiro atoms. The van der Waals surface area contributed by atoms with E-state index in [-0.39, 0.29) is 17.6 Å². The van der Waals surface area contributed by atoms with Gasteiger partial charge in [-0.1, -0.05) is 0 Å². The average molecular weight is 280 g/mol. The van der Waals surface area contributed by atoms with Crippen molar-refractivity contribution in [2.45, 2.75) is 38.4 Å². The maximum Gasteiger partial charge on any atom is 0.244 e. The van der Waals surface area contributed by atoms with Crippen LogP contribution in [0.3, 0.4) is 0 Å². The Bertz CT molecular complexity index is 482. The van der Waals surface area contributed by atoms with E-state index in [1.54, 1.807) is 11.3 Å². The molecule has 1 saturated heterocycles. The van der Waals surface area contributed by atoms with Gasteiger partial charge in [-0.3, -0.25) is 10.1 Å². The molecule has 2 heterocycles. The molecule has 1 aliphatic carbocycles. The van der Waals surface area contributed by atoms with Crippen molar-refractivity contribution in [1.82, 2.24) is 10.2 Å². The molecule has 3 rings (SSSR count). The third-order valence-corrected chi connectivity index (χ3v) is 4.91. The second-order valence-electron chi connectivity index (χ2n) is 5.27. The number of nitrogens with one attached hydrogen (secondary N) is 1. The summed E-state index contributed by atoms with van der Waals surface area (Å²) >= 11 is 1.76. The molecule has 2 aliphatic rings. The Morgan fingerprint density at radius 2 is 2.32 bits per heavy atom. The van der Waals surface area contributed by atoms with Crippen molar-refractivity contribution in [3.63, 3.8) is 0 Å². The van der Waals surface area contributed by atoms with Crippen molar-refractivity contribution < 1.29 is 9.53 Å². The highest BCUT2D eigenvalue weighted by atomic mass is 32.1. The van der Waals surface area contributed by atoms with E-state index in [2.05, 4.69) is 24.4 Å². The zero-order valence-corrected chi connectivity index (χ0v) is 12.3. The van der Waals surface area contributed by atoms with Crippen LogP contribution in [0.5, 0.6) is 0 Å². The molecular formula is C14H20N2O2S. The quantitative estimate of drug-likeness (QED) is 0.839. The van der Waals surface area contributed by atoms with Crippen molar-refractivity contribution in [2.24, 2.45) is 0 Å². The summed E-state index contributed by atoms with van der Waals surface area (Å²) in [5.41, 5.74) is -0.255. The smallest absolute Gasteiger partial charge is 0.244 e. The van der Waals surface area contributed by atoms with Crippen LogP contribution in [0, 0.1) is 6.92 Å². The number of aryl methyl sites for hydroxylation is 1. The van der Waals surface area contributed by atoms with E-state index in [4.69, 9.17) is 4.74 Å². The summed E-state index contributed by atoms with van der Waals surface area (Å²) in [6, 6.07) is 4.24. The third-order valence-electron chi connectivity index (χ3n) is 3.86. The lowest BCUT2D eigenvalue weighted by atomic mass is 10.3. The summed E-state index contributed by atoms with van der Waals surface area (Å²) in [5, 5.41) is 3.53. The summed E-state index contributed by atoms with van der Waals surface area (Å²) in [7, 11) is 0. The number of hydrogen-bond acceptors (Lipinski definition) is 4. The predicted octanol–water partition coefficient (Wildman–Crippen LogP) is 2.06. The van der Waals surface area contributed by atoms with Crippen molar-refractivity contribution in [3.8, 4) is 0 Å². The van der Waals surface area contributed by atoms with E-state index in [9.17, 15) is 4.79 Å². The van der Waals surface area contributed by atoms with Crippen molar-refractivity contribution in [3.05, 3.63) is 21.9 Å². The van der Waals surface area contributed by atoms with Crippen LogP contribution in [-0.4, -0.2) is 36.1 Å². The lowest BCUT2D eigenvalue weighted by Gasteiger charge is -2.23. The Morgan fingerprint density at radius 3 is 2.89 bits per heavy atom. The van der Waals surface area contributed by atoms with Crippen LogP contribution in [0.25, 0.3) is 0 Å². The molecule has 0 aromatic carbocycles. The molecule has 2 fully saturated rings. The molecule has 1 aromatic heterocycles. The van der Waals surface area contributed by atoms with Gasteiger partial charge in [-0.05, 0) is 38.8 Å². The van der Waals surface area contributed by atoms with Crippen LogP contribution in [0.2, 0.25) is 0 Å². The van der Waals surface area contributed by atoms with Gasteiger partial charge in [-0.25, -0.2) is 0 Å². The first-order valence-corrected chi connectivity index (χ1v) is 7.71. The van der Waals surface area contributed by atoms with E-state index in [0.717, 1.165) is 12.8 Å². The number of carbonyl (C=O) groups is 1. The summed E-state index contributed by atoms with van der Waals surface area (Å²) in [4.78, 5) is 17.0. The summed E-state index contributed by atoms with van der Waals surface area (Å²) in [6.45, 7) is 6.06. The van der Waals surface area contributed by atoms with Gasteiger partial charge in [0.05, 0.1) is 6.61 Å². The van der Waals surface area contributed by atoms with Crippen LogP contribution in [0.4, 0.5) is 0 Å². The summed E-state index contributed by atoms with van der Waals surface area (Å²) in [5.74, 6) is 0.253. The van der Waals surface area contributed by atoms with Gasteiger partial charge in [0.15, 0.2) is 0 Å². The zero-order valence-electron chi connectivity index (χ0n) is 11.4. The Labute approximate surface area is 117 Å². The molecular weight excluding hydrogens is 260 g/mol. The van der Waals surface area contributed by atoms with Crippen LogP contribution >= 0.6 is 11.3 Å². The molecule has 5 heteroatoms. The molecule has 1 aliphatic heterocycles. The minimum atomic E-state index is -0.255. The molecule has 1 aromatic rings. The van der Waals surface area contributed by atoms with Gasteiger partial charge in [0.1, 0.15) is 11.7 Å². The molecule has 1 unspecified atom stereocenters. The maximum atomic E-state index is 12.5. The lowest BCUT2D eigenvalue weighted by Crippen LogP contribution is -2.34. The SMILES string of the molecule is CCOCCN1C(=O)C2(CC2)NC1c1ccc(C)s1. The number of carbonyl (C=O) groups excluding carboxylic acids is 1. The van der Waals surface area contributed by atoms with E-state index < -0.39 is 0 Å². The topological polar surface area (TPSA) is 41.6 Å². The first-order chi connectivity index (χ1) is 9.16. The monoisotopic (exact) mass is 280 g/mol. The molecule has 1 saturated carbocycles. The summed E-state index contributed by atoms with van der Waals surface area (Å²) in [6.07, 6.45) is 1.98. The van der Waals surface area contributed by atoms with Crippen molar-refractivity contribution >= 4 is 17.2 Å². The van der Waals surface area contributed by atoms with Gasteiger partial charge in [0.25, 0.3) is 0 Å². The van der Waals surface area contributed by atoms with E-state index in [0.29, 0.717) is 19.8 Å². The molecule has 1 atom stereocenters. The summed E-state index contributed by atoms with van der Waals surface area (Å²) < 4.78 is 5.40. The van der Waals surface area contributed by atoms with Crippen LogP contribution in [0.1, 0.15) is 35.7 Å². The van der Waals surface area contributed by atoms with Gasteiger partial charge in [0.2, 0.25) is 5.91 Å². The standard InChI is InChI=1S/C14H20N2O2S/c1-3-18-9-8-16-12(11-5-4-10(2)19-11)15-14(6-7-14)13(16)17/h4-5,12,15H,3,6-9H2,1-2H3. The highest BCUT2D eigenvalue weighted by Gasteiger charge is 2.59. The zero-order chi connectivity index (χ0) is 13.5. The van der Waals surface area contributed by atoms with Crippen LogP contribution < -0.4 is 5.32 Å². The number of thiophene rings is 1. The molecule has 1 amide bonds. The Balaban J connectivity index is 1.78. The van der Waals surface area contributed by atoms with E-state index in [1.807, 2.05) is 11.8 Å². The van der Waals surface area contributed by atoms with Crippen molar-refractivity contribution in [2.75, 3.05) is 19.8 Å². The van der Waals surface area contributed by atoms with Gasteiger partial charge in [-0.2, -0.15) is 0 Å². The van der Waals surface area contributed by atoms with E-state index in [1.165, 1.54) is 9.75 Å². The predicted molar refractivity (Wildman–Crippen MR) is 75.1 cm³/mol. The van der Waals surface area contributed by atoms with Gasteiger partial charge in [0, 0.05) is 22.9 Å². The second-order valence-corrected chi connectivity index (χ2v) is 6.59. The Morgan fingerprint density at radius 1 is 1.53 bits per heavy atom.